The molecule has 3 aliphatic rings. The first-order valence-corrected chi connectivity index (χ1v) is 18.0. The second kappa shape index (κ2) is 14.7. The number of carbonyl (C=O) groups is 3. The Kier molecular flexibility index (Phi) is 10.3. The van der Waals surface area contributed by atoms with Gasteiger partial charge in [0.25, 0.3) is 5.91 Å². The van der Waals surface area contributed by atoms with E-state index in [1.165, 1.54) is 14.2 Å². The Balaban J connectivity index is 1.78. The number of methoxy groups -OCH3 is 2. The highest BCUT2D eigenvalue weighted by atomic mass is 16.5. The predicted octanol–water partition coefficient (Wildman–Crippen LogP) is 7.64. The Morgan fingerprint density at radius 2 is 1.59 bits per heavy atom. The van der Waals surface area contributed by atoms with E-state index < -0.39 is 5.97 Å². The summed E-state index contributed by atoms with van der Waals surface area (Å²) < 4.78 is 10.3. The quantitative estimate of drug-likeness (QED) is 0.232. The molecule has 2 unspecified atom stereocenters. The molecule has 3 aromatic heterocycles. The number of aryl methyl sites for hydroxylation is 3. The van der Waals surface area contributed by atoms with E-state index in [2.05, 4.69) is 56.4 Å². The number of hydrogen-bond acceptors (Lipinski definition) is 7. The maximum Gasteiger partial charge on any atom is 0.310 e. The summed E-state index contributed by atoms with van der Waals surface area (Å²) in [5.74, 6) is -1.26. The zero-order valence-corrected chi connectivity index (χ0v) is 30.9. The number of likely N-dealkylation sites (tertiary alicyclic amines) is 1. The number of carbonyl (C=O) groups excluding carboxylic acids is 3. The number of fused-ring (bicyclic) bond motifs is 8. The van der Waals surface area contributed by atoms with Crippen molar-refractivity contribution in [2.45, 2.75) is 91.4 Å². The number of rotatable bonds is 8. The molecule has 8 bridgehead atoms. The van der Waals surface area contributed by atoms with Gasteiger partial charge in [-0.25, -0.2) is 4.98 Å². The van der Waals surface area contributed by atoms with Crippen LogP contribution in [0.3, 0.4) is 0 Å². The number of aromatic nitrogens is 4. The molecule has 10 heteroatoms. The smallest absolute Gasteiger partial charge is 0.310 e. The van der Waals surface area contributed by atoms with Crippen molar-refractivity contribution in [3.63, 3.8) is 0 Å². The summed E-state index contributed by atoms with van der Waals surface area (Å²) in [6, 6.07) is 6.20. The Morgan fingerprint density at radius 3 is 2.25 bits per heavy atom. The van der Waals surface area contributed by atoms with Crippen molar-refractivity contribution in [2.24, 2.45) is 0 Å². The van der Waals surface area contributed by atoms with Gasteiger partial charge >= 0.3 is 11.9 Å². The lowest BCUT2D eigenvalue weighted by molar-refractivity contribution is -0.141. The van der Waals surface area contributed by atoms with E-state index in [4.69, 9.17) is 19.4 Å². The molecule has 3 aromatic rings. The van der Waals surface area contributed by atoms with Crippen LogP contribution < -0.4 is 0 Å². The molecule has 0 aliphatic carbocycles. The minimum atomic E-state index is -0.463. The molecule has 2 N–H and O–H groups in total. The van der Waals surface area contributed by atoms with Gasteiger partial charge in [0.1, 0.15) is 0 Å². The van der Waals surface area contributed by atoms with Crippen LogP contribution in [-0.2, 0) is 36.7 Å². The monoisotopic (exact) mass is 691 g/mol. The Labute approximate surface area is 299 Å². The van der Waals surface area contributed by atoms with Gasteiger partial charge in [-0.2, -0.15) is 0 Å². The molecule has 2 atom stereocenters. The summed E-state index contributed by atoms with van der Waals surface area (Å²) in [6.45, 7) is 15.8. The van der Waals surface area contributed by atoms with Crippen LogP contribution in [0.15, 0.2) is 24.8 Å². The van der Waals surface area contributed by atoms with Crippen molar-refractivity contribution >= 4 is 57.1 Å². The fraction of sp³-hybridized carbons (Fsp3) is 0.439. The number of amides is 1. The lowest BCUT2D eigenvalue weighted by Gasteiger charge is -2.28. The Hall–Kier alpha value is -4.99. The molecule has 6 rings (SSSR count). The Bertz CT molecular complexity index is 2110. The number of nitrogens with one attached hydrogen (secondary N) is 2. The molecule has 1 fully saturated rings. The molecule has 51 heavy (non-hydrogen) atoms. The summed E-state index contributed by atoms with van der Waals surface area (Å²) in [5.41, 5.74) is 12.3. The SMILES string of the molecule is C=Cc1c(C)c2cc3nc(c(CC(=O)OC)c4nc(cc5[nH]c(cc1[nH]2)c(C)c5CC)C(C)=C4C(=O)N1CCCCC1)C(CCC(=O)OC)C3C. The third kappa shape index (κ3) is 6.64. The van der Waals surface area contributed by atoms with Gasteiger partial charge in [-0.1, -0.05) is 26.5 Å². The zero-order chi connectivity index (χ0) is 36.6. The highest BCUT2D eigenvalue weighted by molar-refractivity contribution is 6.27. The van der Waals surface area contributed by atoms with Crippen molar-refractivity contribution in [2.75, 3.05) is 27.3 Å². The summed E-state index contributed by atoms with van der Waals surface area (Å²) in [7, 11) is 2.74. The molecule has 0 radical (unpaired) electrons. The maximum absolute atomic E-state index is 14.6. The van der Waals surface area contributed by atoms with Crippen LogP contribution in [0.2, 0.25) is 0 Å². The average molecular weight is 692 g/mol. The van der Waals surface area contributed by atoms with Crippen LogP contribution in [0, 0.1) is 13.8 Å². The number of ether oxygens (including phenoxy) is 2. The fourth-order valence-electron chi connectivity index (χ4n) is 7.94. The van der Waals surface area contributed by atoms with Crippen molar-refractivity contribution in [3.8, 4) is 0 Å². The number of piperidine rings is 1. The summed E-state index contributed by atoms with van der Waals surface area (Å²) in [4.78, 5) is 60.0. The van der Waals surface area contributed by atoms with Crippen LogP contribution in [-0.4, -0.2) is 70.0 Å². The van der Waals surface area contributed by atoms with E-state index in [1.807, 2.05) is 24.0 Å². The largest absolute Gasteiger partial charge is 0.469 e. The summed E-state index contributed by atoms with van der Waals surface area (Å²) in [5, 5.41) is 0. The van der Waals surface area contributed by atoms with Crippen LogP contribution >= 0.6 is 0 Å². The second-order valence-corrected chi connectivity index (χ2v) is 13.9. The van der Waals surface area contributed by atoms with Gasteiger partial charge in [0.05, 0.1) is 43.3 Å². The van der Waals surface area contributed by atoms with E-state index in [-0.39, 0.29) is 36.6 Å². The van der Waals surface area contributed by atoms with Crippen LogP contribution in [0.5, 0.6) is 0 Å². The van der Waals surface area contributed by atoms with E-state index >= 15 is 0 Å². The number of allylic oxidation sites excluding steroid dienone is 1. The molecular formula is C41H49N5O5. The molecule has 1 saturated heterocycles. The number of nitrogens with zero attached hydrogens (tertiary/aromatic N) is 3. The van der Waals surface area contributed by atoms with Crippen molar-refractivity contribution in [1.29, 1.82) is 0 Å². The first kappa shape index (κ1) is 35.8. The third-order valence-electron chi connectivity index (χ3n) is 11.0. The van der Waals surface area contributed by atoms with Gasteiger partial charge in [-0.15, -0.1) is 0 Å². The summed E-state index contributed by atoms with van der Waals surface area (Å²) in [6.07, 6.45) is 6.10. The first-order chi connectivity index (χ1) is 24.5. The minimum Gasteiger partial charge on any atom is -0.469 e. The molecular weight excluding hydrogens is 642 g/mol. The van der Waals surface area contributed by atoms with Crippen molar-refractivity contribution < 1.29 is 23.9 Å². The van der Waals surface area contributed by atoms with Gasteiger partial charge in [0.2, 0.25) is 0 Å². The third-order valence-corrected chi connectivity index (χ3v) is 11.0. The van der Waals surface area contributed by atoms with Gasteiger partial charge in [-0.3, -0.25) is 19.4 Å². The highest BCUT2D eigenvalue weighted by Gasteiger charge is 2.37. The normalized spacial score (nSPS) is 17.4. The highest BCUT2D eigenvalue weighted by Crippen LogP contribution is 2.44. The Morgan fingerprint density at radius 1 is 0.902 bits per heavy atom. The molecule has 1 amide bonds. The number of esters is 2. The van der Waals surface area contributed by atoms with Crippen LogP contribution in [0.25, 0.3) is 39.3 Å². The topological polar surface area (TPSA) is 130 Å². The van der Waals surface area contributed by atoms with E-state index in [9.17, 15) is 14.4 Å². The molecule has 10 nitrogen and oxygen atoms in total. The van der Waals surface area contributed by atoms with Gasteiger partial charge in [-0.05, 0) is 93.3 Å². The van der Waals surface area contributed by atoms with E-state index in [0.717, 1.165) is 81.3 Å². The lowest BCUT2D eigenvalue weighted by Crippen LogP contribution is -2.36. The van der Waals surface area contributed by atoms with E-state index in [1.54, 1.807) is 0 Å². The van der Waals surface area contributed by atoms with Crippen molar-refractivity contribution in [1.82, 2.24) is 24.8 Å². The maximum atomic E-state index is 14.6. The molecule has 0 aromatic carbocycles. The number of H-pyrrole nitrogens is 2. The van der Waals surface area contributed by atoms with Gasteiger partial charge < -0.3 is 24.3 Å². The van der Waals surface area contributed by atoms with Gasteiger partial charge in [0, 0.05) is 70.2 Å². The standard InChI is InChI=1S/C41H49N5O5/c1-9-26-22(3)30-19-32-24(5)28(14-15-36(47)50-7)39(44-32)29(18-37(48)51-8)40-38(41(49)46-16-12-11-13-17-46)25(6)33(45-40)21-35-27(10-2)23(4)31(43-35)20-34(26)42-30/h9,19-21,24,28,42-43H,1,10-18H2,2-8H3. The second-order valence-electron chi connectivity index (χ2n) is 13.9. The minimum absolute atomic E-state index is 0.0956. The molecule has 6 heterocycles. The van der Waals surface area contributed by atoms with Crippen LogP contribution in [0.4, 0.5) is 0 Å². The number of aromatic amines is 2. The van der Waals surface area contributed by atoms with Crippen molar-refractivity contribution in [3.05, 3.63) is 75.4 Å². The molecule has 268 valence electrons. The first-order valence-electron chi connectivity index (χ1n) is 18.0. The lowest BCUT2D eigenvalue weighted by atomic mass is 9.84. The van der Waals surface area contributed by atoms with Gasteiger partial charge in [0.15, 0.2) is 0 Å². The molecule has 0 saturated carbocycles. The summed E-state index contributed by atoms with van der Waals surface area (Å²) >= 11 is 0. The molecule has 0 spiro atoms. The van der Waals surface area contributed by atoms with Crippen LogP contribution in [0.1, 0.15) is 115 Å². The zero-order valence-electron chi connectivity index (χ0n) is 30.9. The van der Waals surface area contributed by atoms with E-state index in [0.29, 0.717) is 47.7 Å². The average Bonchev–Trinajstić information content (AvgIpc) is 3.82. The predicted molar refractivity (Wildman–Crippen MR) is 201 cm³/mol. The number of hydrogen-bond donors (Lipinski definition) is 2. The fourth-order valence-corrected chi connectivity index (χ4v) is 7.94. The molecule has 3 aliphatic heterocycles.